The van der Waals surface area contributed by atoms with Crippen LogP contribution in [0.2, 0.25) is 0 Å². The minimum Gasteiger partial charge on any atom is -0.463 e. The molecule has 3 saturated heterocycles. The molecule has 16 atom stereocenters. The standard InChI is InChI=1S/C95H152N11O39P/c1-18-44-135-146(106(57(2)3)58(4)5)145-72-33-31-71(32-34-72)91(125)105-95(54-126-48-35-79(122)99-41-25-38-96-76(119)28-19-22-45-129-92-82(102-59(6)107)88(139-68(15)116)85(136-65(12)113)73(142-92)51-132-62(9)110,55-127-49-36-80(123)100-42-26-39-97-77(120)29-20-23-46-130-93-83(103-60(7)108)89(140-69(16)117)86(137-66(13)114)74(143-93)52-133-63(10)111)56-128-50-37-81(124)101-43-27-40-98-78(121)30-21-24-47-131-94-84(104-61(8)109)90(141-70(17)118)87(138-67(14)115)75(144-94)53-134-64(11)112/h31-34,57-58,73-75,82-90,92-94H,18-30,35-56H2,1-17H3,(H,96,119)(H,97,120)(H,98,121)(H,99,122)(H,100,123)(H,101,124)(H,102,107)(H,103,108)(H,104,109)(H,105,125). The number of carbonyl (C=O) groups is 19. The summed E-state index contributed by atoms with van der Waals surface area (Å²) in [6.07, 6.45) is -12.2. The van der Waals surface area contributed by atoms with E-state index in [1.807, 2.05) is 34.6 Å². The van der Waals surface area contributed by atoms with Crippen LogP contribution in [0.3, 0.4) is 0 Å². The van der Waals surface area contributed by atoms with Crippen LogP contribution in [0.5, 0.6) is 5.75 Å². The van der Waals surface area contributed by atoms with Crippen molar-refractivity contribution in [2.75, 3.05) is 125 Å². The molecule has 50 nitrogen and oxygen atoms in total. The van der Waals surface area contributed by atoms with E-state index < -0.39 is 221 Å². The van der Waals surface area contributed by atoms with E-state index in [0.717, 1.165) is 68.7 Å². The first kappa shape index (κ1) is 127. The number of ether oxygens (including phenoxy) is 18. The topological polar surface area (TPSA) is 632 Å². The molecule has 0 spiro atoms. The maximum Gasteiger partial charge on any atom is 0.321 e. The largest absolute Gasteiger partial charge is 0.463 e. The summed E-state index contributed by atoms with van der Waals surface area (Å²) in [5.74, 6) is -10.8. The molecule has 146 heavy (non-hydrogen) atoms. The third kappa shape index (κ3) is 52.0. The second kappa shape index (κ2) is 70.0. The van der Waals surface area contributed by atoms with Gasteiger partial charge in [0.1, 0.15) is 67.5 Å². The van der Waals surface area contributed by atoms with Crippen molar-refractivity contribution in [1.29, 1.82) is 0 Å². The number of hydrogen-bond donors (Lipinski definition) is 10. The molecular weight excluding hydrogens is 1950 g/mol. The summed E-state index contributed by atoms with van der Waals surface area (Å²) in [5.41, 5.74) is -1.46. The smallest absolute Gasteiger partial charge is 0.321 e. The van der Waals surface area contributed by atoms with Gasteiger partial charge >= 0.3 is 62.2 Å². The van der Waals surface area contributed by atoms with Crippen LogP contribution in [0.25, 0.3) is 0 Å². The lowest BCUT2D eigenvalue weighted by molar-refractivity contribution is -0.277. The van der Waals surface area contributed by atoms with Gasteiger partial charge in [-0.2, -0.15) is 0 Å². The highest BCUT2D eigenvalue weighted by molar-refractivity contribution is 7.45. The Morgan fingerprint density at radius 1 is 0.342 bits per heavy atom. The van der Waals surface area contributed by atoms with E-state index in [0.29, 0.717) is 70.1 Å². The first-order valence-corrected chi connectivity index (χ1v) is 50.2. The van der Waals surface area contributed by atoms with Crippen molar-refractivity contribution in [2.45, 2.75) is 330 Å². The average Bonchev–Trinajstić information content (AvgIpc) is 0.791. The summed E-state index contributed by atoms with van der Waals surface area (Å²) in [7, 11) is -1.60. The summed E-state index contributed by atoms with van der Waals surface area (Å²) >= 11 is 0. The van der Waals surface area contributed by atoms with Gasteiger partial charge in [0.2, 0.25) is 53.2 Å². The van der Waals surface area contributed by atoms with Crippen molar-refractivity contribution in [3.05, 3.63) is 29.8 Å². The molecule has 51 heteroatoms. The molecule has 3 heterocycles. The fourth-order valence-electron chi connectivity index (χ4n) is 15.1. The highest BCUT2D eigenvalue weighted by Gasteiger charge is 2.55. The fraction of sp³-hybridized carbons (Fsp3) is 0.737. The number of benzene rings is 1. The summed E-state index contributed by atoms with van der Waals surface area (Å²) in [6.45, 7) is 22.2. The lowest BCUT2D eigenvalue weighted by atomic mass is 9.96. The van der Waals surface area contributed by atoms with Crippen LogP contribution in [0.4, 0.5) is 0 Å². The van der Waals surface area contributed by atoms with E-state index >= 15 is 0 Å². The summed E-state index contributed by atoms with van der Waals surface area (Å²) in [5, 5.41) is 27.7. The molecule has 0 radical (unpaired) electrons. The Morgan fingerprint density at radius 2 is 0.616 bits per heavy atom. The second-order valence-corrected chi connectivity index (χ2v) is 36.6. The van der Waals surface area contributed by atoms with Crippen LogP contribution < -0.4 is 57.7 Å². The number of nitrogens with one attached hydrogen (secondary N) is 10. The van der Waals surface area contributed by atoms with Crippen LogP contribution in [0, 0.1) is 0 Å². The molecule has 3 aliphatic heterocycles. The highest BCUT2D eigenvalue weighted by Crippen LogP contribution is 2.46. The molecule has 3 fully saturated rings. The van der Waals surface area contributed by atoms with Gasteiger partial charge in [0.15, 0.2) is 55.5 Å². The molecular formula is C95H152N11O39P. The average molecular weight is 2100 g/mol. The number of unbranched alkanes of at least 4 members (excludes halogenated alkanes) is 3. The van der Waals surface area contributed by atoms with E-state index in [9.17, 15) is 91.1 Å². The van der Waals surface area contributed by atoms with Gasteiger partial charge in [-0.15, -0.1) is 0 Å². The zero-order valence-corrected chi connectivity index (χ0v) is 87.6. The van der Waals surface area contributed by atoms with Crippen molar-refractivity contribution in [3.8, 4) is 5.75 Å². The SMILES string of the molecule is CCCOP(Oc1ccc(C(=O)NC(COCCC(=O)NCCCNC(=O)CCCCOC2OC(COC(C)=O)C(OC(C)=O)C(OC(C)=O)C2NC(C)=O)(COCCC(=O)NCCCNC(=O)CCCCOC2OC(COC(C)=O)C(OC(C)=O)C(OC(C)=O)C2NC(C)=O)COCCC(=O)NCCCNC(=O)CCCCOC2OC(COC(C)=O)C(OC(C)=O)C(OC(C)=O)C2NC(C)=O)cc1)N(C(C)C)C(C)C. The lowest BCUT2D eigenvalue weighted by Crippen LogP contribution is -2.66. The highest BCUT2D eigenvalue weighted by atomic mass is 31.2. The predicted molar refractivity (Wildman–Crippen MR) is 512 cm³/mol. The quantitative estimate of drug-likeness (QED) is 0.0193. The van der Waals surface area contributed by atoms with Gasteiger partial charge in [-0.3, -0.25) is 91.1 Å². The molecule has 3 aliphatic rings. The molecule has 0 bridgehead atoms. The summed E-state index contributed by atoms with van der Waals surface area (Å²) < 4.78 is 118. The van der Waals surface area contributed by atoms with Gasteiger partial charge < -0.3 is 147 Å². The third-order valence-corrected chi connectivity index (χ3v) is 23.4. The van der Waals surface area contributed by atoms with E-state index in [-0.39, 0.29) is 173 Å². The Bertz CT molecular complexity index is 3960. The normalized spacial score (nSPS) is 21.1. The number of esters is 9. The Labute approximate surface area is 851 Å². The molecule has 0 saturated carbocycles. The number of amides is 10. The first-order valence-electron chi connectivity index (χ1n) is 49.0. The second-order valence-electron chi connectivity index (χ2n) is 35.2. The van der Waals surface area contributed by atoms with Crippen LogP contribution in [0.15, 0.2) is 24.3 Å². The molecule has 826 valence electrons. The minimum atomic E-state index is -1.61. The molecule has 10 N–H and O–H groups in total. The van der Waals surface area contributed by atoms with Crippen LogP contribution in [-0.4, -0.2) is 352 Å². The summed E-state index contributed by atoms with van der Waals surface area (Å²) in [6, 6.07) is 2.89. The van der Waals surface area contributed by atoms with Crippen molar-refractivity contribution < 1.29 is 185 Å². The van der Waals surface area contributed by atoms with Crippen LogP contribution in [-0.2, 0) is 176 Å². The number of hydrogen-bond acceptors (Lipinski definition) is 40. The first-order chi connectivity index (χ1) is 69.3. The van der Waals surface area contributed by atoms with Gasteiger partial charge in [0.05, 0.1) is 46.2 Å². The zero-order chi connectivity index (χ0) is 108. The molecule has 4 rings (SSSR count). The van der Waals surface area contributed by atoms with Crippen molar-refractivity contribution in [3.63, 3.8) is 0 Å². The fourth-order valence-corrected chi connectivity index (χ4v) is 16.8. The monoisotopic (exact) mass is 2100 g/mol. The lowest BCUT2D eigenvalue weighted by Gasteiger charge is -2.44. The van der Waals surface area contributed by atoms with Crippen molar-refractivity contribution in [2.24, 2.45) is 0 Å². The van der Waals surface area contributed by atoms with Gasteiger partial charge in [-0.25, -0.2) is 4.67 Å². The van der Waals surface area contributed by atoms with E-state index in [1.165, 1.54) is 20.8 Å². The van der Waals surface area contributed by atoms with E-state index in [4.69, 9.17) is 94.3 Å². The number of carbonyl (C=O) groups excluding carboxylic acids is 19. The Kier molecular flexibility index (Phi) is 61.0. The maximum atomic E-state index is 14.7. The van der Waals surface area contributed by atoms with Gasteiger partial charge in [-0.05, 0) is 116 Å². The van der Waals surface area contributed by atoms with Crippen molar-refractivity contribution in [1.82, 2.24) is 57.8 Å². The zero-order valence-electron chi connectivity index (χ0n) is 86.7. The van der Waals surface area contributed by atoms with E-state index in [2.05, 4.69) is 57.8 Å². The molecule has 0 aromatic heterocycles. The number of rotatable bonds is 70. The van der Waals surface area contributed by atoms with Gasteiger partial charge in [0.25, 0.3) is 5.91 Å². The van der Waals surface area contributed by atoms with Crippen LogP contribution >= 0.6 is 8.53 Å². The Balaban J connectivity index is 1.45. The number of nitrogens with zero attached hydrogens (tertiary/aromatic N) is 1. The van der Waals surface area contributed by atoms with Crippen molar-refractivity contribution >= 4 is 121 Å². The molecule has 1 aromatic carbocycles. The third-order valence-electron chi connectivity index (χ3n) is 21.3. The molecule has 16 unspecified atom stereocenters. The molecule has 1 aromatic rings. The van der Waals surface area contributed by atoms with Crippen LogP contribution in [0.1, 0.15) is 231 Å². The van der Waals surface area contributed by atoms with Gasteiger partial charge in [0, 0.05) is 198 Å². The van der Waals surface area contributed by atoms with E-state index in [1.54, 1.807) is 24.3 Å². The summed E-state index contributed by atoms with van der Waals surface area (Å²) in [4.78, 5) is 240. The Hall–Kier alpha value is -11.1. The van der Waals surface area contributed by atoms with Gasteiger partial charge in [-0.1, -0.05) is 6.92 Å². The molecule has 10 amide bonds. The predicted octanol–water partition coefficient (Wildman–Crippen LogP) is 1.92. The minimum absolute atomic E-state index is 0.0214. The Morgan fingerprint density at radius 3 is 0.870 bits per heavy atom. The molecule has 0 aliphatic carbocycles. The maximum absolute atomic E-state index is 14.7.